The van der Waals surface area contributed by atoms with Gasteiger partial charge in [0.25, 0.3) is 5.56 Å². The minimum absolute atomic E-state index is 0.216. The second-order valence-corrected chi connectivity index (χ2v) is 4.77. The summed E-state index contributed by atoms with van der Waals surface area (Å²) in [6.07, 6.45) is 1.29. The first-order valence-electron chi connectivity index (χ1n) is 6.74. The zero-order valence-corrected chi connectivity index (χ0v) is 13.0. The van der Waals surface area contributed by atoms with Gasteiger partial charge in [-0.25, -0.2) is 4.79 Å². The summed E-state index contributed by atoms with van der Waals surface area (Å²) in [6, 6.07) is 6.16. The van der Waals surface area contributed by atoms with E-state index in [1.54, 1.807) is 18.2 Å². The van der Waals surface area contributed by atoms with E-state index in [-0.39, 0.29) is 6.54 Å². The van der Waals surface area contributed by atoms with Crippen LogP contribution in [0.15, 0.2) is 40.1 Å². The molecule has 0 aliphatic heterocycles. The van der Waals surface area contributed by atoms with E-state index < -0.39 is 17.2 Å². The zero-order valence-electron chi connectivity index (χ0n) is 13.0. The summed E-state index contributed by atoms with van der Waals surface area (Å²) < 4.78 is 12.3. The fourth-order valence-electron chi connectivity index (χ4n) is 1.97. The highest BCUT2D eigenvalue weighted by molar-refractivity contribution is 5.91. The number of nitrogens with zero attached hydrogens (tertiary/aromatic N) is 2. The van der Waals surface area contributed by atoms with Gasteiger partial charge in [0.05, 0.1) is 14.2 Å². The number of aromatic nitrogens is 2. The van der Waals surface area contributed by atoms with Crippen molar-refractivity contribution in [3.63, 3.8) is 0 Å². The molecule has 0 aliphatic rings. The van der Waals surface area contributed by atoms with Crippen molar-refractivity contribution in [1.82, 2.24) is 9.13 Å². The molecule has 1 aromatic heterocycles. The van der Waals surface area contributed by atoms with Gasteiger partial charge >= 0.3 is 5.69 Å². The second kappa shape index (κ2) is 6.82. The molecule has 8 heteroatoms. The molecule has 0 saturated heterocycles. The average Bonchev–Trinajstić information content (AvgIpc) is 2.55. The summed E-state index contributed by atoms with van der Waals surface area (Å²) in [7, 11) is 4.36. The molecule has 0 radical (unpaired) electrons. The Morgan fingerprint density at radius 1 is 1.13 bits per heavy atom. The average molecular weight is 319 g/mol. The first-order chi connectivity index (χ1) is 10.9. The Balaban J connectivity index is 2.19. The predicted molar refractivity (Wildman–Crippen MR) is 84.1 cm³/mol. The highest BCUT2D eigenvalue weighted by Gasteiger charge is 2.09. The molecule has 1 amide bonds. The number of carbonyl (C=O) groups is 1. The van der Waals surface area contributed by atoms with Crippen LogP contribution in [0.1, 0.15) is 0 Å². The number of hydrogen-bond acceptors (Lipinski definition) is 5. The molecule has 0 aliphatic carbocycles. The molecular weight excluding hydrogens is 302 g/mol. The molecule has 23 heavy (non-hydrogen) atoms. The van der Waals surface area contributed by atoms with Crippen LogP contribution in [0.3, 0.4) is 0 Å². The highest BCUT2D eigenvalue weighted by atomic mass is 16.5. The maximum Gasteiger partial charge on any atom is 0.331 e. The Morgan fingerprint density at radius 2 is 1.74 bits per heavy atom. The van der Waals surface area contributed by atoms with Gasteiger partial charge in [0.1, 0.15) is 18.0 Å². The SMILES string of the molecule is COc1cc(NC(=O)Cn2ccc(=O)n(C)c2=O)cc(OC)c1. The molecule has 122 valence electrons. The second-order valence-electron chi connectivity index (χ2n) is 4.77. The number of ether oxygens (including phenoxy) is 2. The lowest BCUT2D eigenvalue weighted by Crippen LogP contribution is -2.38. The molecule has 0 fully saturated rings. The summed E-state index contributed by atoms with van der Waals surface area (Å²) in [5, 5.41) is 2.66. The van der Waals surface area contributed by atoms with Crippen LogP contribution < -0.4 is 26.0 Å². The van der Waals surface area contributed by atoms with Gasteiger partial charge in [0.2, 0.25) is 5.91 Å². The van der Waals surface area contributed by atoms with Crippen molar-refractivity contribution < 1.29 is 14.3 Å². The smallest absolute Gasteiger partial charge is 0.331 e. The van der Waals surface area contributed by atoms with Gasteiger partial charge in [0.15, 0.2) is 0 Å². The van der Waals surface area contributed by atoms with E-state index in [0.29, 0.717) is 17.2 Å². The lowest BCUT2D eigenvalue weighted by Gasteiger charge is -2.11. The molecule has 0 spiro atoms. The predicted octanol–water partition coefficient (Wildman–Crippen LogP) is 0.203. The third-order valence-corrected chi connectivity index (χ3v) is 3.21. The maximum atomic E-state index is 12.1. The van der Waals surface area contributed by atoms with Crippen LogP contribution in [0, 0.1) is 0 Å². The lowest BCUT2D eigenvalue weighted by atomic mass is 10.2. The summed E-state index contributed by atoms with van der Waals surface area (Å²) in [5.41, 5.74) is -0.510. The van der Waals surface area contributed by atoms with Gasteiger partial charge in [-0.2, -0.15) is 0 Å². The zero-order chi connectivity index (χ0) is 17.0. The Hall–Kier alpha value is -3.03. The van der Waals surface area contributed by atoms with Gasteiger partial charge in [-0.1, -0.05) is 0 Å². The number of hydrogen-bond donors (Lipinski definition) is 1. The topological polar surface area (TPSA) is 91.6 Å². The first-order valence-corrected chi connectivity index (χ1v) is 6.74. The normalized spacial score (nSPS) is 10.2. The number of benzene rings is 1. The van der Waals surface area contributed by atoms with Gasteiger partial charge < -0.3 is 14.8 Å². The largest absolute Gasteiger partial charge is 0.497 e. The fourth-order valence-corrected chi connectivity index (χ4v) is 1.97. The molecule has 2 aromatic rings. The van der Waals surface area contributed by atoms with Crippen LogP contribution >= 0.6 is 0 Å². The molecular formula is C15H17N3O5. The molecule has 8 nitrogen and oxygen atoms in total. The van der Waals surface area contributed by atoms with Gasteiger partial charge in [0, 0.05) is 43.2 Å². The summed E-state index contributed by atoms with van der Waals surface area (Å²) in [5.74, 6) is 0.638. The molecule has 0 unspecified atom stereocenters. The van der Waals surface area contributed by atoms with Gasteiger partial charge in [-0.15, -0.1) is 0 Å². The summed E-state index contributed by atoms with van der Waals surface area (Å²) in [4.78, 5) is 35.3. The van der Waals surface area contributed by atoms with Gasteiger partial charge in [-0.05, 0) is 0 Å². The van der Waals surface area contributed by atoms with Crippen molar-refractivity contribution in [2.24, 2.45) is 7.05 Å². The molecule has 1 aromatic carbocycles. The number of amides is 1. The number of anilines is 1. The molecule has 0 atom stereocenters. The van der Waals surface area contributed by atoms with E-state index >= 15 is 0 Å². The molecule has 0 saturated carbocycles. The van der Waals surface area contributed by atoms with E-state index in [0.717, 1.165) is 9.13 Å². The van der Waals surface area contributed by atoms with E-state index in [1.165, 1.54) is 33.5 Å². The molecule has 1 N–H and O–H groups in total. The Kier molecular flexibility index (Phi) is 4.85. The van der Waals surface area contributed by atoms with E-state index in [2.05, 4.69) is 5.32 Å². The van der Waals surface area contributed by atoms with Crippen molar-refractivity contribution in [3.05, 3.63) is 51.3 Å². The van der Waals surface area contributed by atoms with Crippen LogP contribution in [-0.2, 0) is 18.4 Å². The third-order valence-electron chi connectivity index (χ3n) is 3.21. The lowest BCUT2D eigenvalue weighted by molar-refractivity contribution is -0.116. The number of methoxy groups -OCH3 is 2. The van der Waals surface area contributed by atoms with Crippen molar-refractivity contribution in [2.75, 3.05) is 19.5 Å². The monoisotopic (exact) mass is 319 g/mol. The minimum atomic E-state index is -0.559. The van der Waals surface area contributed by atoms with Crippen molar-refractivity contribution in [3.8, 4) is 11.5 Å². The number of rotatable bonds is 5. The molecule has 2 rings (SSSR count). The quantitative estimate of drug-likeness (QED) is 0.850. The van der Waals surface area contributed by atoms with E-state index in [4.69, 9.17) is 9.47 Å². The van der Waals surface area contributed by atoms with Crippen LogP contribution in [0.2, 0.25) is 0 Å². The van der Waals surface area contributed by atoms with Crippen LogP contribution in [0.5, 0.6) is 11.5 Å². The Morgan fingerprint density at radius 3 is 2.30 bits per heavy atom. The Bertz CT molecular complexity index is 815. The Labute approximate surface area is 131 Å². The van der Waals surface area contributed by atoms with E-state index in [1.807, 2.05) is 0 Å². The molecule has 0 bridgehead atoms. The number of nitrogens with one attached hydrogen (secondary N) is 1. The fraction of sp³-hybridized carbons (Fsp3) is 0.267. The maximum absolute atomic E-state index is 12.1. The standard InChI is InChI=1S/C15H17N3O5/c1-17-14(20)4-5-18(15(17)21)9-13(19)16-10-6-11(22-2)8-12(7-10)23-3/h4-8H,9H2,1-3H3,(H,16,19). The van der Waals surface area contributed by atoms with Crippen LogP contribution in [-0.4, -0.2) is 29.3 Å². The third kappa shape index (κ3) is 3.79. The van der Waals surface area contributed by atoms with Crippen molar-refractivity contribution >= 4 is 11.6 Å². The van der Waals surface area contributed by atoms with E-state index in [9.17, 15) is 14.4 Å². The summed E-state index contributed by atoms with van der Waals surface area (Å²) in [6.45, 7) is -0.216. The number of carbonyl (C=O) groups excluding carboxylic acids is 1. The van der Waals surface area contributed by atoms with Crippen molar-refractivity contribution in [1.29, 1.82) is 0 Å². The minimum Gasteiger partial charge on any atom is -0.497 e. The van der Waals surface area contributed by atoms with Crippen LogP contribution in [0.25, 0.3) is 0 Å². The van der Waals surface area contributed by atoms with Gasteiger partial charge in [-0.3, -0.25) is 18.7 Å². The molecule has 1 heterocycles. The highest BCUT2D eigenvalue weighted by Crippen LogP contribution is 2.25. The van der Waals surface area contributed by atoms with Crippen LogP contribution in [0.4, 0.5) is 5.69 Å². The van der Waals surface area contributed by atoms with Crippen molar-refractivity contribution in [2.45, 2.75) is 6.54 Å². The summed E-state index contributed by atoms with van der Waals surface area (Å²) >= 11 is 0. The first kappa shape index (κ1) is 16.3.